The summed E-state index contributed by atoms with van der Waals surface area (Å²) >= 11 is 3.34. The van der Waals surface area contributed by atoms with Crippen molar-refractivity contribution in [3.05, 3.63) is 88.3 Å². The van der Waals surface area contributed by atoms with Crippen LogP contribution in [0.5, 0.6) is 0 Å². The van der Waals surface area contributed by atoms with Crippen LogP contribution < -0.4 is 0 Å². The van der Waals surface area contributed by atoms with Gasteiger partial charge in [0.2, 0.25) is 0 Å². The van der Waals surface area contributed by atoms with E-state index >= 15 is 0 Å². The summed E-state index contributed by atoms with van der Waals surface area (Å²) in [4.78, 5) is 27.2. The maximum absolute atomic E-state index is 12.5. The summed E-state index contributed by atoms with van der Waals surface area (Å²) in [6.07, 6.45) is 1.74. The van der Waals surface area contributed by atoms with Gasteiger partial charge in [-0.3, -0.25) is 9.59 Å². The standard InChI is InChI=1S/C22H12O2S2/c23-21-15-8-4-5-9-16(15)22(24)17(21)10-14-11-19-20(25-14)12-18(26-19)13-6-2-1-3-7-13/h1-12H. The van der Waals surface area contributed by atoms with Crippen LogP contribution in [0.1, 0.15) is 25.6 Å². The first-order valence-corrected chi connectivity index (χ1v) is 9.83. The summed E-state index contributed by atoms with van der Waals surface area (Å²) in [7, 11) is 0. The van der Waals surface area contributed by atoms with Crippen molar-refractivity contribution in [2.24, 2.45) is 0 Å². The Bertz CT molecular complexity index is 1140. The largest absolute Gasteiger partial charge is 0.288 e. The molecule has 0 spiro atoms. The number of benzene rings is 2. The lowest BCUT2D eigenvalue weighted by Gasteiger charge is -1.94. The van der Waals surface area contributed by atoms with Gasteiger partial charge in [-0.1, -0.05) is 54.6 Å². The molecule has 2 heterocycles. The fraction of sp³-hybridized carbons (Fsp3) is 0. The normalized spacial score (nSPS) is 13.5. The SMILES string of the molecule is O=C1C(=Cc2cc3sc(-c4ccccc4)cc3s2)C(=O)c2ccccc21. The Balaban J connectivity index is 1.53. The van der Waals surface area contributed by atoms with E-state index in [0.29, 0.717) is 11.1 Å². The van der Waals surface area contributed by atoms with Crippen LogP contribution in [0.4, 0.5) is 0 Å². The van der Waals surface area contributed by atoms with Gasteiger partial charge >= 0.3 is 0 Å². The Labute approximate surface area is 158 Å². The third kappa shape index (κ3) is 2.38. The quantitative estimate of drug-likeness (QED) is 0.315. The second kappa shape index (κ2) is 5.87. The van der Waals surface area contributed by atoms with Gasteiger partial charge in [-0.25, -0.2) is 0 Å². The molecule has 4 aromatic rings. The molecule has 2 nitrogen and oxygen atoms in total. The molecule has 26 heavy (non-hydrogen) atoms. The highest BCUT2D eigenvalue weighted by molar-refractivity contribution is 7.29. The molecule has 0 unspecified atom stereocenters. The summed E-state index contributed by atoms with van der Waals surface area (Å²) in [5, 5.41) is 0. The molecule has 4 heteroatoms. The molecule has 2 aromatic carbocycles. The van der Waals surface area contributed by atoms with Crippen LogP contribution >= 0.6 is 22.7 Å². The van der Waals surface area contributed by atoms with Crippen molar-refractivity contribution in [1.29, 1.82) is 0 Å². The highest BCUT2D eigenvalue weighted by Crippen LogP contribution is 2.39. The van der Waals surface area contributed by atoms with E-state index < -0.39 is 0 Å². The molecule has 2 aromatic heterocycles. The zero-order chi connectivity index (χ0) is 17.7. The van der Waals surface area contributed by atoms with Gasteiger partial charge in [0.15, 0.2) is 11.6 Å². The number of thiophene rings is 2. The summed E-state index contributed by atoms with van der Waals surface area (Å²) in [6, 6.07) is 21.5. The molecule has 0 aliphatic heterocycles. The summed E-state index contributed by atoms with van der Waals surface area (Å²) in [5.74, 6) is -0.348. The minimum atomic E-state index is -0.174. The van der Waals surface area contributed by atoms with Crippen LogP contribution in [0.2, 0.25) is 0 Å². The van der Waals surface area contributed by atoms with Crippen molar-refractivity contribution >= 4 is 49.7 Å². The third-order valence-corrected chi connectivity index (χ3v) is 6.77. The number of Topliss-reactive ketones (excluding diaryl/α,β-unsaturated/α-hetero) is 2. The van der Waals surface area contributed by atoms with Gasteiger partial charge in [0, 0.05) is 30.3 Å². The highest BCUT2D eigenvalue weighted by atomic mass is 32.1. The second-order valence-corrected chi connectivity index (χ2v) is 8.31. The van der Waals surface area contributed by atoms with E-state index in [2.05, 4.69) is 24.3 Å². The van der Waals surface area contributed by atoms with Gasteiger partial charge in [-0.05, 0) is 23.8 Å². The molecule has 0 saturated heterocycles. The zero-order valence-electron chi connectivity index (χ0n) is 13.6. The van der Waals surface area contributed by atoms with Crippen LogP contribution in [0.15, 0.2) is 72.3 Å². The van der Waals surface area contributed by atoms with Crippen molar-refractivity contribution in [3.63, 3.8) is 0 Å². The number of allylic oxidation sites excluding steroid dienone is 1. The fourth-order valence-electron chi connectivity index (χ4n) is 3.22. The average molecular weight is 372 g/mol. The molecule has 0 amide bonds. The van der Waals surface area contributed by atoms with Crippen molar-refractivity contribution in [1.82, 2.24) is 0 Å². The predicted octanol–water partition coefficient (Wildman–Crippen LogP) is 6.09. The molecular weight excluding hydrogens is 360 g/mol. The molecule has 5 rings (SSSR count). The van der Waals surface area contributed by atoms with Gasteiger partial charge in [-0.15, -0.1) is 22.7 Å². The molecule has 1 aliphatic carbocycles. The van der Waals surface area contributed by atoms with E-state index in [1.54, 1.807) is 53.0 Å². The maximum Gasteiger partial charge on any atom is 0.197 e. The number of carbonyl (C=O) groups is 2. The molecule has 124 valence electrons. The van der Waals surface area contributed by atoms with E-state index in [1.807, 2.05) is 18.2 Å². The smallest absolute Gasteiger partial charge is 0.197 e. The number of ketones is 2. The van der Waals surface area contributed by atoms with Crippen LogP contribution in [0.25, 0.3) is 25.9 Å². The van der Waals surface area contributed by atoms with E-state index in [0.717, 1.165) is 4.88 Å². The first-order chi connectivity index (χ1) is 12.7. The van der Waals surface area contributed by atoms with Gasteiger partial charge < -0.3 is 0 Å². The molecule has 1 aliphatic rings. The summed E-state index contributed by atoms with van der Waals surface area (Å²) in [6.45, 7) is 0. The van der Waals surface area contributed by atoms with Crippen molar-refractivity contribution in [2.45, 2.75) is 0 Å². The topological polar surface area (TPSA) is 34.1 Å². The van der Waals surface area contributed by atoms with Crippen molar-refractivity contribution < 1.29 is 9.59 Å². The van der Waals surface area contributed by atoms with E-state index in [-0.39, 0.29) is 17.1 Å². The Kier molecular flexibility index (Phi) is 3.48. The van der Waals surface area contributed by atoms with Crippen molar-refractivity contribution in [2.75, 3.05) is 0 Å². The first-order valence-electron chi connectivity index (χ1n) is 8.19. The molecule has 0 N–H and O–H groups in total. The zero-order valence-corrected chi connectivity index (χ0v) is 15.2. The second-order valence-electron chi connectivity index (χ2n) is 6.12. The summed E-state index contributed by atoms with van der Waals surface area (Å²) < 4.78 is 2.35. The maximum atomic E-state index is 12.5. The molecular formula is C22H12O2S2. The Morgan fingerprint density at radius 1 is 0.692 bits per heavy atom. The number of hydrogen-bond acceptors (Lipinski definition) is 4. The van der Waals surface area contributed by atoms with Crippen LogP contribution in [0.3, 0.4) is 0 Å². The number of hydrogen-bond donors (Lipinski definition) is 0. The third-order valence-electron chi connectivity index (χ3n) is 4.48. The van der Waals surface area contributed by atoms with Crippen molar-refractivity contribution in [3.8, 4) is 10.4 Å². The first kappa shape index (κ1) is 15.4. The molecule has 0 bridgehead atoms. The minimum Gasteiger partial charge on any atom is -0.288 e. The molecule has 0 radical (unpaired) electrons. The number of carbonyl (C=O) groups excluding carboxylic acids is 2. The van der Waals surface area contributed by atoms with Gasteiger partial charge in [0.25, 0.3) is 0 Å². The van der Waals surface area contributed by atoms with E-state index in [1.165, 1.54) is 19.8 Å². The number of rotatable bonds is 2. The molecule has 0 saturated carbocycles. The lowest BCUT2D eigenvalue weighted by atomic mass is 10.1. The lowest BCUT2D eigenvalue weighted by molar-refractivity contribution is 0.0990. The Hall–Kier alpha value is -2.82. The van der Waals surface area contributed by atoms with Gasteiger partial charge in [-0.2, -0.15) is 0 Å². The minimum absolute atomic E-state index is 0.174. The van der Waals surface area contributed by atoms with Crippen LogP contribution in [-0.2, 0) is 0 Å². The molecule has 0 fully saturated rings. The van der Waals surface area contributed by atoms with E-state index in [9.17, 15) is 9.59 Å². The average Bonchev–Trinajstić information content (AvgIpc) is 3.30. The van der Waals surface area contributed by atoms with E-state index in [4.69, 9.17) is 0 Å². The number of fused-ring (bicyclic) bond motifs is 2. The predicted molar refractivity (Wildman–Crippen MR) is 108 cm³/mol. The van der Waals surface area contributed by atoms with Gasteiger partial charge in [0.1, 0.15) is 0 Å². The fourth-order valence-corrected chi connectivity index (χ4v) is 5.57. The lowest BCUT2D eigenvalue weighted by Crippen LogP contribution is -1.99. The van der Waals surface area contributed by atoms with Crippen LogP contribution in [-0.4, -0.2) is 11.6 Å². The van der Waals surface area contributed by atoms with Crippen LogP contribution in [0, 0.1) is 0 Å². The van der Waals surface area contributed by atoms with Gasteiger partial charge in [0.05, 0.1) is 5.57 Å². The summed E-state index contributed by atoms with van der Waals surface area (Å²) in [5.41, 5.74) is 2.49. The monoisotopic (exact) mass is 372 g/mol. The highest BCUT2D eigenvalue weighted by Gasteiger charge is 2.32. The Morgan fingerprint density at radius 2 is 1.31 bits per heavy atom. The Morgan fingerprint density at radius 3 is 1.96 bits per heavy atom. The molecule has 0 atom stereocenters.